The third-order valence-corrected chi connectivity index (χ3v) is 6.97. The molecule has 5 rings (SSSR count). The Kier molecular flexibility index (Phi) is 8.11. The molecule has 0 spiro atoms. The summed E-state index contributed by atoms with van der Waals surface area (Å²) in [5, 5.41) is 12.0. The number of carbonyl (C=O) groups is 1. The topological polar surface area (TPSA) is 62.7 Å². The smallest absolute Gasteiger partial charge is 0.490 e. The van der Waals surface area contributed by atoms with Crippen molar-refractivity contribution in [3.05, 3.63) is 83.1 Å². The van der Waals surface area contributed by atoms with E-state index >= 15 is 0 Å². The zero-order valence-corrected chi connectivity index (χ0v) is 20.8. The molecule has 1 aliphatic heterocycles. The van der Waals surface area contributed by atoms with Gasteiger partial charge in [0.25, 0.3) is 0 Å². The maximum atomic E-state index is 10.6. The molecule has 0 amide bonds. The summed E-state index contributed by atoms with van der Waals surface area (Å²) in [6, 6.07) is 21.3. The standard InChI is InChI=1S/C25H23BrN2O.C2HF3O2/c26-25-21(6-5-18-3-1-2-4-24(18)25)17-28-13-10-22(11-14-28)29-23-8-7-20-16-27-12-9-19(20)15-23;3-2(4,5)1(6)7/h1-9,12,15-16,22H,10-11,13-14,17H2;(H,6,7). The number of carboxylic acids is 1. The molecule has 0 unspecified atom stereocenters. The molecule has 0 atom stereocenters. The Balaban J connectivity index is 0.000000384. The number of carboxylic acid groups (broad SMARTS) is 1. The number of benzene rings is 3. The second kappa shape index (κ2) is 11.3. The molecule has 36 heavy (non-hydrogen) atoms. The van der Waals surface area contributed by atoms with Crippen LogP contribution in [0.25, 0.3) is 21.5 Å². The van der Waals surface area contributed by atoms with Crippen LogP contribution in [0.3, 0.4) is 0 Å². The van der Waals surface area contributed by atoms with Gasteiger partial charge in [0.05, 0.1) is 0 Å². The van der Waals surface area contributed by atoms with Crippen LogP contribution in [0.15, 0.2) is 77.5 Å². The number of alkyl halides is 3. The lowest BCUT2D eigenvalue weighted by atomic mass is 10.0. The van der Waals surface area contributed by atoms with E-state index in [2.05, 4.69) is 80.4 Å². The fourth-order valence-electron chi connectivity index (χ4n) is 4.15. The Bertz CT molecular complexity index is 1360. The number of pyridine rings is 1. The monoisotopic (exact) mass is 560 g/mol. The molecule has 0 aliphatic carbocycles. The van der Waals surface area contributed by atoms with Gasteiger partial charge in [0.15, 0.2) is 0 Å². The van der Waals surface area contributed by atoms with Crippen LogP contribution in [0.4, 0.5) is 13.2 Å². The normalized spacial score (nSPS) is 14.9. The first-order chi connectivity index (χ1) is 17.2. The SMILES string of the molecule is Brc1c(CN2CCC(Oc3ccc4cnccc4c3)CC2)ccc2ccccc12.O=C(O)C(F)(F)F. The number of fused-ring (bicyclic) bond motifs is 2. The van der Waals surface area contributed by atoms with E-state index in [0.29, 0.717) is 0 Å². The van der Waals surface area contributed by atoms with Crippen LogP contribution < -0.4 is 4.74 Å². The lowest BCUT2D eigenvalue weighted by Crippen LogP contribution is -2.37. The Morgan fingerprint density at radius 2 is 1.72 bits per heavy atom. The summed E-state index contributed by atoms with van der Waals surface area (Å²) in [5.41, 5.74) is 1.35. The molecular formula is C27H24BrF3N2O3. The van der Waals surface area contributed by atoms with E-state index in [1.807, 2.05) is 18.5 Å². The van der Waals surface area contributed by atoms with Gasteiger partial charge in [-0.2, -0.15) is 13.2 Å². The quantitative estimate of drug-likeness (QED) is 0.296. The molecule has 1 aliphatic rings. The van der Waals surface area contributed by atoms with Crippen LogP contribution in [-0.4, -0.2) is 46.3 Å². The predicted octanol–water partition coefficient (Wildman–Crippen LogP) is 6.83. The first-order valence-electron chi connectivity index (χ1n) is 11.4. The van der Waals surface area contributed by atoms with Crippen LogP contribution >= 0.6 is 15.9 Å². The largest absolute Gasteiger partial charge is 0.490 e. The number of nitrogens with zero attached hydrogens (tertiary/aromatic N) is 2. The zero-order valence-electron chi connectivity index (χ0n) is 19.2. The highest BCUT2D eigenvalue weighted by Crippen LogP contribution is 2.30. The molecule has 1 fully saturated rings. The van der Waals surface area contributed by atoms with E-state index in [0.717, 1.165) is 43.6 Å². The fourth-order valence-corrected chi connectivity index (χ4v) is 4.77. The second-order valence-corrected chi connectivity index (χ2v) is 9.33. The van der Waals surface area contributed by atoms with Gasteiger partial charge < -0.3 is 9.84 Å². The number of ether oxygens (including phenoxy) is 1. The summed E-state index contributed by atoms with van der Waals surface area (Å²) in [7, 11) is 0. The molecule has 1 N–H and O–H groups in total. The van der Waals surface area contributed by atoms with Gasteiger partial charge in [0.1, 0.15) is 11.9 Å². The predicted molar refractivity (Wildman–Crippen MR) is 136 cm³/mol. The van der Waals surface area contributed by atoms with E-state index in [1.54, 1.807) is 0 Å². The summed E-state index contributed by atoms with van der Waals surface area (Å²) >= 11 is 3.83. The number of hydrogen-bond acceptors (Lipinski definition) is 4. The minimum absolute atomic E-state index is 0.283. The van der Waals surface area contributed by atoms with E-state index in [4.69, 9.17) is 14.6 Å². The maximum Gasteiger partial charge on any atom is 0.490 e. The van der Waals surface area contributed by atoms with Gasteiger partial charge in [-0.3, -0.25) is 9.88 Å². The fraction of sp³-hybridized carbons (Fsp3) is 0.259. The summed E-state index contributed by atoms with van der Waals surface area (Å²) in [6.07, 6.45) is 1.03. The van der Waals surface area contributed by atoms with Gasteiger partial charge in [0.2, 0.25) is 0 Å². The molecule has 9 heteroatoms. The van der Waals surface area contributed by atoms with E-state index in [1.165, 1.54) is 26.2 Å². The van der Waals surface area contributed by atoms with Crippen molar-refractivity contribution in [2.24, 2.45) is 0 Å². The summed E-state index contributed by atoms with van der Waals surface area (Å²) < 4.78 is 39.2. The average Bonchev–Trinajstić information content (AvgIpc) is 2.87. The van der Waals surface area contributed by atoms with E-state index in [-0.39, 0.29) is 6.10 Å². The highest BCUT2D eigenvalue weighted by atomic mass is 79.9. The molecule has 5 nitrogen and oxygen atoms in total. The highest BCUT2D eigenvalue weighted by molar-refractivity contribution is 9.10. The Labute approximate surface area is 214 Å². The molecule has 0 saturated carbocycles. The number of aromatic nitrogens is 1. The molecule has 4 aromatic rings. The number of likely N-dealkylation sites (tertiary alicyclic amines) is 1. The average molecular weight is 561 g/mol. The third kappa shape index (κ3) is 6.53. The lowest BCUT2D eigenvalue weighted by Gasteiger charge is -2.32. The second-order valence-electron chi connectivity index (χ2n) is 8.54. The summed E-state index contributed by atoms with van der Waals surface area (Å²) in [4.78, 5) is 15.6. The van der Waals surface area contributed by atoms with Crippen LogP contribution in [0.5, 0.6) is 5.75 Å². The minimum atomic E-state index is -5.08. The summed E-state index contributed by atoms with van der Waals surface area (Å²) in [5.74, 6) is -1.80. The molecule has 3 aromatic carbocycles. The molecule has 2 heterocycles. The van der Waals surface area contributed by atoms with Crippen LogP contribution in [0, 0.1) is 0 Å². The van der Waals surface area contributed by atoms with Crippen LogP contribution in [0.2, 0.25) is 0 Å². The number of rotatable bonds is 4. The lowest BCUT2D eigenvalue weighted by molar-refractivity contribution is -0.192. The van der Waals surface area contributed by atoms with Gasteiger partial charge in [0, 0.05) is 41.9 Å². The van der Waals surface area contributed by atoms with E-state index < -0.39 is 12.1 Å². The van der Waals surface area contributed by atoms with Crippen molar-refractivity contribution in [2.45, 2.75) is 31.7 Å². The number of hydrogen-bond donors (Lipinski definition) is 1. The molecular weight excluding hydrogens is 537 g/mol. The number of piperidine rings is 1. The van der Waals surface area contributed by atoms with Gasteiger partial charge in [-0.1, -0.05) is 36.4 Å². The van der Waals surface area contributed by atoms with Crippen LogP contribution in [-0.2, 0) is 11.3 Å². The molecule has 188 valence electrons. The van der Waals surface area contributed by atoms with Gasteiger partial charge in [-0.25, -0.2) is 4.79 Å². The van der Waals surface area contributed by atoms with Crippen molar-refractivity contribution in [1.82, 2.24) is 9.88 Å². The summed E-state index contributed by atoms with van der Waals surface area (Å²) in [6.45, 7) is 3.09. The molecule has 1 saturated heterocycles. The van der Waals surface area contributed by atoms with Crippen molar-refractivity contribution >= 4 is 43.4 Å². The molecule has 0 radical (unpaired) electrons. The Morgan fingerprint density at radius 3 is 2.44 bits per heavy atom. The Morgan fingerprint density at radius 1 is 1.03 bits per heavy atom. The number of aliphatic carboxylic acids is 1. The van der Waals surface area contributed by atoms with Crippen molar-refractivity contribution < 1.29 is 27.8 Å². The van der Waals surface area contributed by atoms with Crippen LogP contribution in [0.1, 0.15) is 18.4 Å². The van der Waals surface area contributed by atoms with Crippen molar-refractivity contribution in [3.8, 4) is 5.75 Å². The van der Waals surface area contributed by atoms with E-state index in [9.17, 15) is 13.2 Å². The molecule has 0 bridgehead atoms. The van der Waals surface area contributed by atoms with Gasteiger partial charge in [-0.15, -0.1) is 0 Å². The third-order valence-electron chi connectivity index (χ3n) is 6.03. The van der Waals surface area contributed by atoms with Crippen molar-refractivity contribution in [3.63, 3.8) is 0 Å². The first-order valence-corrected chi connectivity index (χ1v) is 12.2. The minimum Gasteiger partial charge on any atom is -0.490 e. The highest BCUT2D eigenvalue weighted by Gasteiger charge is 2.38. The number of halogens is 4. The van der Waals surface area contributed by atoms with Gasteiger partial charge >= 0.3 is 12.1 Å². The van der Waals surface area contributed by atoms with Crippen molar-refractivity contribution in [2.75, 3.05) is 13.1 Å². The molecule has 1 aromatic heterocycles. The van der Waals surface area contributed by atoms with Crippen molar-refractivity contribution in [1.29, 1.82) is 0 Å². The maximum absolute atomic E-state index is 10.6. The Hall–Kier alpha value is -3.17. The first kappa shape index (κ1) is 25.9. The van der Waals surface area contributed by atoms with Gasteiger partial charge in [-0.05, 0) is 74.8 Å². The zero-order chi connectivity index (χ0) is 25.7.